The van der Waals surface area contributed by atoms with Crippen LogP contribution in [0.5, 0.6) is 0 Å². The van der Waals surface area contributed by atoms with Crippen LogP contribution < -0.4 is 5.73 Å². The van der Waals surface area contributed by atoms with Crippen molar-refractivity contribution in [1.82, 2.24) is 9.80 Å². The third kappa shape index (κ3) is 3.46. The Morgan fingerprint density at radius 2 is 1.94 bits per heavy atom. The molecular weight excluding hydrogens is 222 g/mol. The molecule has 2 atom stereocenters. The van der Waals surface area contributed by atoms with Gasteiger partial charge in [-0.1, -0.05) is 13.8 Å². The molecule has 1 fully saturated rings. The van der Waals surface area contributed by atoms with Crippen molar-refractivity contribution < 1.29 is 0 Å². The first kappa shape index (κ1) is 15.9. The topological polar surface area (TPSA) is 32.5 Å². The van der Waals surface area contributed by atoms with Gasteiger partial charge in [0.05, 0.1) is 0 Å². The van der Waals surface area contributed by atoms with Gasteiger partial charge in [-0.15, -0.1) is 0 Å². The molecule has 1 saturated heterocycles. The van der Waals surface area contributed by atoms with Crippen molar-refractivity contribution in [3.8, 4) is 0 Å². The van der Waals surface area contributed by atoms with Gasteiger partial charge in [-0.2, -0.15) is 0 Å². The number of likely N-dealkylation sites (tertiary alicyclic amines) is 1. The summed E-state index contributed by atoms with van der Waals surface area (Å²) in [4.78, 5) is 5.13. The largest absolute Gasteiger partial charge is 0.329 e. The SMILES string of the molecule is CC(C)CN(C(C)C)C1(CN)CCN(C)C(C)C1. The van der Waals surface area contributed by atoms with Crippen molar-refractivity contribution in [1.29, 1.82) is 0 Å². The van der Waals surface area contributed by atoms with Crippen LogP contribution in [0.1, 0.15) is 47.5 Å². The molecule has 2 N–H and O–H groups in total. The van der Waals surface area contributed by atoms with Gasteiger partial charge in [0, 0.05) is 30.7 Å². The smallest absolute Gasteiger partial charge is 0.0361 e. The summed E-state index contributed by atoms with van der Waals surface area (Å²) >= 11 is 0. The average molecular weight is 255 g/mol. The Kier molecular flexibility index (Phi) is 5.63. The predicted molar refractivity (Wildman–Crippen MR) is 79.8 cm³/mol. The molecule has 0 spiro atoms. The van der Waals surface area contributed by atoms with Crippen LogP contribution in [0.15, 0.2) is 0 Å². The maximum Gasteiger partial charge on any atom is 0.0361 e. The van der Waals surface area contributed by atoms with Gasteiger partial charge >= 0.3 is 0 Å². The number of piperidine rings is 1. The van der Waals surface area contributed by atoms with E-state index in [0.717, 1.165) is 13.1 Å². The normalized spacial score (nSPS) is 30.7. The molecule has 0 aromatic carbocycles. The minimum atomic E-state index is 0.213. The van der Waals surface area contributed by atoms with E-state index in [1.807, 2.05) is 0 Å². The Morgan fingerprint density at radius 3 is 2.33 bits per heavy atom. The first-order valence-corrected chi connectivity index (χ1v) is 7.49. The third-order valence-electron chi connectivity index (χ3n) is 4.53. The van der Waals surface area contributed by atoms with E-state index >= 15 is 0 Å². The van der Waals surface area contributed by atoms with Crippen LogP contribution in [0.4, 0.5) is 0 Å². The molecule has 0 amide bonds. The number of nitrogens with zero attached hydrogens (tertiary/aromatic N) is 2. The zero-order valence-corrected chi connectivity index (χ0v) is 13.2. The third-order valence-corrected chi connectivity index (χ3v) is 4.53. The van der Waals surface area contributed by atoms with Gasteiger partial charge in [-0.3, -0.25) is 4.90 Å². The molecule has 0 aromatic heterocycles. The highest BCUT2D eigenvalue weighted by molar-refractivity contribution is 4.99. The molecule has 0 aromatic rings. The van der Waals surface area contributed by atoms with Crippen LogP contribution >= 0.6 is 0 Å². The van der Waals surface area contributed by atoms with Crippen molar-refractivity contribution in [2.24, 2.45) is 11.7 Å². The fraction of sp³-hybridized carbons (Fsp3) is 1.00. The van der Waals surface area contributed by atoms with E-state index in [9.17, 15) is 0 Å². The van der Waals surface area contributed by atoms with Crippen molar-refractivity contribution in [3.05, 3.63) is 0 Å². The van der Waals surface area contributed by atoms with Crippen LogP contribution in [0.3, 0.4) is 0 Å². The van der Waals surface area contributed by atoms with E-state index in [1.54, 1.807) is 0 Å². The minimum Gasteiger partial charge on any atom is -0.329 e. The fourth-order valence-electron chi connectivity index (χ4n) is 3.32. The highest BCUT2D eigenvalue weighted by Crippen LogP contribution is 2.33. The number of hydrogen-bond donors (Lipinski definition) is 1. The van der Waals surface area contributed by atoms with Crippen LogP contribution in [0.2, 0.25) is 0 Å². The van der Waals surface area contributed by atoms with E-state index in [4.69, 9.17) is 5.73 Å². The quantitative estimate of drug-likeness (QED) is 0.817. The lowest BCUT2D eigenvalue weighted by Crippen LogP contribution is -2.63. The molecule has 0 radical (unpaired) electrons. The molecule has 1 heterocycles. The van der Waals surface area contributed by atoms with Crippen LogP contribution in [0, 0.1) is 5.92 Å². The van der Waals surface area contributed by atoms with E-state index in [2.05, 4.69) is 51.5 Å². The second-order valence-corrected chi connectivity index (χ2v) is 6.85. The zero-order valence-electron chi connectivity index (χ0n) is 13.2. The molecular formula is C15H33N3. The summed E-state index contributed by atoms with van der Waals surface area (Å²) in [5, 5.41) is 0. The Morgan fingerprint density at radius 1 is 1.33 bits per heavy atom. The summed E-state index contributed by atoms with van der Waals surface area (Å²) < 4.78 is 0. The molecule has 0 bridgehead atoms. The van der Waals surface area contributed by atoms with Crippen LogP contribution in [-0.2, 0) is 0 Å². The van der Waals surface area contributed by atoms with Gasteiger partial charge in [-0.25, -0.2) is 0 Å². The molecule has 1 rings (SSSR count). The first-order chi connectivity index (χ1) is 8.32. The van der Waals surface area contributed by atoms with Crippen molar-refractivity contribution >= 4 is 0 Å². The molecule has 3 nitrogen and oxygen atoms in total. The Labute approximate surface area is 114 Å². The molecule has 2 unspecified atom stereocenters. The first-order valence-electron chi connectivity index (χ1n) is 7.49. The Bertz CT molecular complexity index is 252. The summed E-state index contributed by atoms with van der Waals surface area (Å²) in [5.41, 5.74) is 6.41. The molecule has 0 aliphatic carbocycles. The lowest BCUT2D eigenvalue weighted by atomic mass is 9.81. The number of rotatable bonds is 5. The van der Waals surface area contributed by atoms with Gasteiger partial charge in [0.25, 0.3) is 0 Å². The van der Waals surface area contributed by atoms with Gasteiger partial charge in [0.2, 0.25) is 0 Å². The van der Waals surface area contributed by atoms with Gasteiger partial charge < -0.3 is 10.6 Å². The standard InChI is InChI=1S/C15H33N3/c1-12(2)10-18(13(3)4)15(11-16)7-8-17(6)14(5)9-15/h12-14H,7-11,16H2,1-6H3. The summed E-state index contributed by atoms with van der Waals surface area (Å²) in [6.45, 7) is 14.7. The number of nitrogens with two attached hydrogens (primary N) is 1. The van der Waals surface area contributed by atoms with Crippen molar-refractivity contribution in [2.45, 2.75) is 65.1 Å². The highest BCUT2D eigenvalue weighted by Gasteiger charge is 2.41. The van der Waals surface area contributed by atoms with E-state index in [-0.39, 0.29) is 5.54 Å². The summed E-state index contributed by atoms with van der Waals surface area (Å²) in [7, 11) is 2.23. The lowest BCUT2D eigenvalue weighted by Gasteiger charge is -2.52. The van der Waals surface area contributed by atoms with Gasteiger partial charge in [0.15, 0.2) is 0 Å². The van der Waals surface area contributed by atoms with E-state index in [1.165, 1.54) is 19.4 Å². The van der Waals surface area contributed by atoms with Crippen LogP contribution in [-0.4, -0.2) is 54.1 Å². The lowest BCUT2D eigenvalue weighted by molar-refractivity contribution is -0.0152. The Hall–Kier alpha value is -0.120. The highest BCUT2D eigenvalue weighted by atomic mass is 15.3. The summed E-state index contributed by atoms with van der Waals surface area (Å²) in [5.74, 6) is 0.700. The summed E-state index contributed by atoms with van der Waals surface area (Å²) in [6, 6.07) is 1.21. The molecule has 18 heavy (non-hydrogen) atoms. The molecule has 1 aliphatic rings. The van der Waals surface area contributed by atoms with Crippen LogP contribution in [0.25, 0.3) is 0 Å². The monoisotopic (exact) mass is 255 g/mol. The summed E-state index contributed by atoms with van der Waals surface area (Å²) in [6.07, 6.45) is 2.40. The second kappa shape index (κ2) is 6.36. The second-order valence-electron chi connectivity index (χ2n) is 6.85. The van der Waals surface area contributed by atoms with Gasteiger partial charge in [-0.05, 0) is 53.1 Å². The fourth-order valence-corrected chi connectivity index (χ4v) is 3.32. The Balaban J connectivity index is 2.89. The predicted octanol–water partition coefficient (Wildman–Crippen LogP) is 2.16. The zero-order chi connectivity index (χ0) is 13.9. The maximum atomic E-state index is 6.20. The molecule has 1 aliphatic heterocycles. The van der Waals surface area contributed by atoms with E-state index < -0.39 is 0 Å². The molecule has 3 heteroatoms. The molecule has 0 saturated carbocycles. The molecule has 108 valence electrons. The maximum absolute atomic E-state index is 6.20. The average Bonchev–Trinajstić information content (AvgIpc) is 2.29. The minimum absolute atomic E-state index is 0.213. The van der Waals surface area contributed by atoms with Gasteiger partial charge in [0.1, 0.15) is 0 Å². The van der Waals surface area contributed by atoms with Crippen molar-refractivity contribution in [2.75, 3.05) is 26.7 Å². The number of hydrogen-bond acceptors (Lipinski definition) is 3. The van der Waals surface area contributed by atoms with Crippen molar-refractivity contribution in [3.63, 3.8) is 0 Å². The van der Waals surface area contributed by atoms with E-state index in [0.29, 0.717) is 18.0 Å².